The van der Waals surface area contributed by atoms with Crippen molar-refractivity contribution in [2.24, 2.45) is 5.73 Å². The number of hydrogen-bond acceptors (Lipinski definition) is 4. The molecular formula is C18H35N3O3. The molecular weight excluding hydrogens is 306 g/mol. The normalized spacial score (nSPS) is 10.4. The summed E-state index contributed by atoms with van der Waals surface area (Å²) in [5.41, 5.74) is 5.21. The highest BCUT2D eigenvalue weighted by atomic mass is 16.6. The van der Waals surface area contributed by atoms with Gasteiger partial charge in [0.1, 0.15) is 6.54 Å². The van der Waals surface area contributed by atoms with Crippen LogP contribution in [0.25, 0.3) is 0 Å². The Labute approximate surface area is 146 Å². The Hall–Kier alpha value is -1.59. The van der Waals surface area contributed by atoms with Crippen molar-refractivity contribution in [1.29, 1.82) is 5.41 Å². The van der Waals surface area contributed by atoms with Crippen molar-refractivity contribution in [1.82, 2.24) is 4.90 Å². The molecule has 6 nitrogen and oxygen atoms in total. The van der Waals surface area contributed by atoms with E-state index in [2.05, 4.69) is 6.92 Å². The summed E-state index contributed by atoms with van der Waals surface area (Å²) in [5, 5.41) is 7.13. The molecule has 0 aliphatic rings. The van der Waals surface area contributed by atoms with Gasteiger partial charge in [-0.15, -0.1) is 0 Å². The van der Waals surface area contributed by atoms with Crippen molar-refractivity contribution < 1.29 is 14.3 Å². The second-order valence-corrected chi connectivity index (χ2v) is 6.37. The first-order chi connectivity index (χ1) is 11.5. The molecule has 0 aromatic heterocycles. The molecule has 0 saturated carbocycles. The van der Waals surface area contributed by atoms with Crippen molar-refractivity contribution in [2.45, 2.75) is 84.0 Å². The maximum atomic E-state index is 11.5. The van der Waals surface area contributed by atoms with Crippen molar-refractivity contribution >= 4 is 17.9 Å². The van der Waals surface area contributed by atoms with E-state index in [0.717, 1.165) is 19.3 Å². The highest BCUT2D eigenvalue weighted by Gasteiger charge is 2.13. The lowest BCUT2D eigenvalue weighted by molar-refractivity contribution is -0.159. The average Bonchev–Trinajstić information content (AvgIpc) is 2.52. The largest absolute Gasteiger partial charge is 0.392 e. The predicted molar refractivity (Wildman–Crippen MR) is 96.7 cm³/mol. The zero-order valence-corrected chi connectivity index (χ0v) is 15.4. The maximum Gasteiger partial charge on any atom is 0.333 e. The molecule has 24 heavy (non-hydrogen) atoms. The van der Waals surface area contributed by atoms with Crippen molar-refractivity contribution in [2.75, 3.05) is 13.6 Å². The first-order valence-electron chi connectivity index (χ1n) is 9.26. The van der Waals surface area contributed by atoms with E-state index in [1.165, 1.54) is 63.3 Å². The van der Waals surface area contributed by atoms with E-state index in [1.54, 1.807) is 0 Å². The lowest BCUT2D eigenvalue weighted by Gasteiger charge is -2.14. The van der Waals surface area contributed by atoms with Crippen LogP contribution in [-0.4, -0.2) is 36.4 Å². The average molecular weight is 341 g/mol. The monoisotopic (exact) mass is 341 g/mol. The van der Waals surface area contributed by atoms with E-state index in [1.807, 2.05) is 0 Å². The number of unbranched alkanes of at least 4 members (excludes halogenated alkanes) is 10. The fraction of sp³-hybridized carbons (Fsp3) is 0.833. The lowest BCUT2D eigenvalue weighted by atomic mass is 10.1. The number of ether oxygens (including phenoxy) is 1. The molecule has 0 amide bonds. The van der Waals surface area contributed by atoms with Crippen LogP contribution in [-0.2, 0) is 14.3 Å². The highest BCUT2D eigenvalue weighted by molar-refractivity contribution is 5.88. The van der Waals surface area contributed by atoms with Crippen LogP contribution in [0.15, 0.2) is 0 Å². The molecule has 0 aromatic carbocycles. The summed E-state index contributed by atoms with van der Waals surface area (Å²) < 4.78 is 4.69. The molecule has 0 unspecified atom stereocenters. The van der Waals surface area contributed by atoms with Crippen LogP contribution >= 0.6 is 0 Å². The van der Waals surface area contributed by atoms with Crippen LogP contribution < -0.4 is 5.73 Å². The molecule has 0 spiro atoms. The van der Waals surface area contributed by atoms with E-state index in [9.17, 15) is 9.59 Å². The summed E-state index contributed by atoms with van der Waals surface area (Å²) in [7, 11) is 1.50. The topological polar surface area (TPSA) is 96.5 Å². The van der Waals surface area contributed by atoms with E-state index in [4.69, 9.17) is 15.9 Å². The smallest absolute Gasteiger partial charge is 0.333 e. The number of hydrogen-bond donors (Lipinski definition) is 2. The van der Waals surface area contributed by atoms with E-state index in [-0.39, 0.29) is 18.9 Å². The van der Waals surface area contributed by atoms with E-state index in [0.29, 0.717) is 0 Å². The van der Waals surface area contributed by atoms with Crippen molar-refractivity contribution in [3.63, 3.8) is 0 Å². The molecule has 0 atom stereocenters. The third-order valence-corrected chi connectivity index (χ3v) is 3.99. The molecule has 140 valence electrons. The Morgan fingerprint density at radius 3 is 1.79 bits per heavy atom. The molecule has 0 aliphatic carbocycles. The number of rotatable bonds is 14. The van der Waals surface area contributed by atoms with E-state index < -0.39 is 11.9 Å². The summed E-state index contributed by atoms with van der Waals surface area (Å²) in [6.07, 6.45) is 13.6. The maximum absolute atomic E-state index is 11.5. The van der Waals surface area contributed by atoms with Gasteiger partial charge in [0.25, 0.3) is 0 Å². The van der Waals surface area contributed by atoms with Gasteiger partial charge in [-0.05, 0) is 6.42 Å². The van der Waals surface area contributed by atoms with Gasteiger partial charge in [0, 0.05) is 13.5 Å². The number of nitrogens with zero attached hydrogens (tertiary/aromatic N) is 1. The van der Waals surface area contributed by atoms with Gasteiger partial charge in [-0.25, -0.2) is 4.79 Å². The molecule has 0 bridgehead atoms. The fourth-order valence-corrected chi connectivity index (χ4v) is 2.42. The van der Waals surface area contributed by atoms with Crippen molar-refractivity contribution in [3.05, 3.63) is 0 Å². The summed E-state index contributed by atoms with van der Waals surface area (Å²) in [4.78, 5) is 24.2. The number of carbonyl (C=O) groups excluding carboxylic acids is 2. The van der Waals surface area contributed by atoms with Gasteiger partial charge in [0.05, 0.1) is 0 Å². The molecule has 0 saturated heterocycles. The molecule has 0 aliphatic heterocycles. The number of likely N-dealkylation sites (N-methyl/N-ethyl adjacent to an activating group) is 1. The van der Waals surface area contributed by atoms with Crippen LogP contribution in [0.1, 0.15) is 84.0 Å². The van der Waals surface area contributed by atoms with Crippen LogP contribution in [0.3, 0.4) is 0 Å². The fourth-order valence-electron chi connectivity index (χ4n) is 2.42. The third kappa shape index (κ3) is 14.0. The van der Waals surface area contributed by atoms with Gasteiger partial charge in [-0.2, -0.15) is 0 Å². The number of nitrogens with two attached hydrogens (primary N) is 1. The minimum absolute atomic E-state index is 0.181. The molecule has 0 heterocycles. The minimum Gasteiger partial charge on any atom is -0.392 e. The molecule has 0 fully saturated rings. The Bertz CT molecular complexity index is 373. The summed E-state index contributed by atoms with van der Waals surface area (Å²) in [5.74, 6) is -1.39. The number of esters is 2. The Kier molecular flexibility index (Phi) is 14.0. The summed E-state index contributed by atoms with van der Waals surface area (Å²) in [6, 6.07) is 0. The molecule has 0 rings (SSSR count). The second kappa shape index (κ2) is 15.0. The lowest BCUT2D eigenvalue weighted by Crippen LogP contribution is -2.37. The minimum atomic E-state index is -0.666. The van der Waals surface area contributed by atoms with Crippen LogP contribution in [0.2, 0.25) is 0 Å². The standard InChI is InChI=1S/C18H35N3O3/c1-3-4-5-6-7-8-9-10-11-12-13-14-16(22)24-17(23)15-21(2)18(19)20/h3-15H2,1-2H3,(H3,19,20). The SMILES string of the molecule is CCCCCCCCCCCCCC(=O)OC(=O)CN(C)C(=N)N. The molecule has 6 heteroatoms. The Morgan fingerprint density at radius 2 is 1.33 bits per heavy atom. The van der Waals surface area contributed by atoms with Crippen LogP contribution in [0.5, 0.6) is 0 Å². The Morgan fingerprint density at radius 1 is 0.875 bits per heavy atom. The van der Waals surface area contributed by atoms with E-state index >= 15 is 0 Å². The van der Waals surface area contributed by atoms with Gasteiger partial charge >= 0.3 is 11.9 Å². The quantitative estimate of drug-likeness (QED) is 0.165. The number of carbonyl (C=O) groups is 2. The van der Waals surface area contributed by atoms with Gasteiger partial charge in [0.15, 0.2) is 5.96 Å². The zero-order chi connectivity index (χ0) is 18.2. The Balaban J connectivity index is 3.43. The number of nitrogens with one attached hydrogen (secondary N) is 1. The first-order valence-corrected chi connectivity index (χ1v) is 9.26. The van der Waals surface area contributed by atoms with Gasteiger partial charge in [0.2, 0.25) is 0 Å². The summed E-state index contributed by atoms with van der Waals surface area (Å²) in [6.45, 7) is 2.05. The number of guanidine groups is 1. The zero-order valence-electron chi connectivity index (χ0n) is 15.4. The van der Waals surface area contributed by atoms with Crippen LogP contribution in [0, 0.1) is 5.41 Å². The predicted octanol–water partition coefficient (Wildman–Crippen LogP) is 3.58. The molecule has 0 radical (unpaired) electrons. The van der Waals surface area contributed by atoms with Gasteiger partial charge in [-0.3, -0.25) is 10.2 Å². The van der Waals surface area contributed by atoms with Gasteiger partial charge < -0.3 is 15.4 Å². The van der Waals surface area contributed by atoms with Crippen molar-refractivity contribution in [3.8, 4) is 0 Å². The van der Waals surface area contributed by atoms with Gasteiger partial charge in [-0.1, -0.05) is 71.1 Å². The second-order valence-electron chi connectivity index (χ2n) is 6.37. The van der Waals surface area contributed by atoms with Crippen LogP contribution in [0.4, 0.5) is 0 Å². The summed E-state index contributed by atoms with van der Waals surface area (Å²) >= 11 is 0. The molecule has 3 N–H and O–H groups in total. The third-order valence-electron chi connectivity index (χ3n) is 3.99. The molecule has 0 aromatic rings. The highest BCUT2D eigenvalue weighted by Crippen LogP contribution is 2.12. The first kappa shape index (κ1) is 22.4.